The second-order valence-electron chi connectivity index (χ2n) is 8.97. The first-order valence-electron chi connectivity index (χ1n) is 10.6. The summed E-state index contributed by atoms with van der Waals surface area (Å²) in [5.41, 5.74) is 0.0151. The molecule has 3 rings (SSSR count). The van der Waals surface area contributed by atoms with Gasteiger partial charge in [-0.3, -0.25) is 9.69 Å². The van der Waals surface area contributed by atoms with E-state index in [2.05, 4.69) is 4.90 Å². The topological polar surface area (TPSA) is 84.4 Å². The van der Waals surface area contributed by atoms with Gasteiger partial charge in [-0.2, -0.15) is 0 Å². The highest BCUT2D eigenvalue weighted by molar-refractivity contribution is 7.88. The van der Waals surface area contributed by atoms with Crippen LogP contribution in [-0.2, 0) is 14.8 Å². The largest absolute Gasteiger partial charge is 0.388 e. The molecule has 2 aliphatic heterocycles. The van der Waals surface area contributed by atoms with Crippen molar-refractivity contribution in [2.75, 3.05) is 71.1 Å². The summed E-state index contributed by atoms with van der Waals surface area (Å²) in [5.74, 6) is -0.864. The van der Waals surface area contributed by atoms with Crippen molar-refractivity contribution in [1.29, 1.82) is 0 Å². The number of carbonyl (C=O) groups excluding carboxylic acids is 1. The third-order valence-corrected chi connectivity index (χ3v) is 7.50. The number of nitrogens with zero attached hydrogens (tertiary/aromatic N) is 4. The molecule has 0 aromatic heterocycles. The van der Waals surface area contributed by atoms with Crippen LogP contribution in [0.2, 0.25) is 0 Å². The molecule has 1 aromatic rings. The van der Waals surface area contributed by atoms with Gasteiger partial charge in [-0.05, 0) is 37.1 Å². The van der Waals surface area contributed by atoms with Gasteiger partial charge < -0.3 is 14.9 Å². The highest BCUT2D eigenvalue weighted by Crippen LogP contribution is 2.28. The number of hydrogen-bond donors (Lipinski definition) is 1. The lowest BCUT2D eigenvalue weighted by atomic mass is 9.90. The normalized spacial score (nSPS) is 23.4. The molecule has 31 heavy (non-hydrogen) atoms. The van der Waals surface area contributed by atoms with Gasteiger partial charge in [0.15, 0.2) is 0 Å². The summed E-state index contributed by atoms with van der Waals surface area (Å²) in [4.78, 5) is 18.3. The lowest BCUT2D eigenvalue weighted by Gasteiger charge is -2.42. The molecule has 10 heteroatoms. The van der Waals surface area contributed by atoms with Gasteiger partial charge in [0.25, 0.3) is 0 Å². The quantitative estimate of drug-likeness (QED) is 0.692. The van der Waals surface area contributed by atoms with Crippen LogP contribution in [0.1, 0.15) is 12.8 Å². The van der Waals surface area contributed by atoms with Gasteiger partial charge in [0.1, 0.15) is 5.82 Å². The second kappa shape index (κ2) is 9.40. The molecule has 2 aliphatic rings. The highest BCUT2D eigenvalue weighted by atomic mass is 32.2. The predicted molar refractivity (Wildman–Crippen MR) is 118 cm³/mol. The summed E-state index contributed by atoms with van der Waals surface area (Å²) >= 11 is 0. The van der Waals surface area contributed by atoms with Crippen LogP contribution in [0, 0.1) is 11.7 Å². The lowest BCUT2D eigenvalue weighted by molar-refractivity contribution is -0.133. The van der Waals surface area contributed by atoms with Crippen LogP contribution in [0.5, 0.6) is 0 Å². The van der Waals surface area contributed by atoms with Crippen molar-refractivity contribution in [1.82, 2.24) is 14.1 Å². The molecular formula is C21H33FN4O4S. The average molecular weight is 457 g/mol. The van der Waals surface area contributed by atoms with Gasteiger partial charge in [-0.15, -0.1) is 0 Å². The van der Waals surface area contributed by atoms with Crippen molar-refractivity contribution in [3.05, 3.63) is 30.1 Å². The Kier molecular flexibility index (Phi) is 7.25. The minimum Gasteiger partial charge on any atom is -0.388 e. The van der Waals surface area contributed by atoms with E-state index in [1.807, 2.05) is 4.90 Å². The first-order chi connectivity index (χ1) is 14.5. The van der Waals surface area contributed by atoms with Gasteiger partial charge in [-0.1, -0.05) is 0 Å². The molecule has 0 bridgehead atoms. The van der Waals surface area contributed by atoms with Crippen LogP contribution in [0.25, 0.3) is 0 Å². The Hall–Kier alpha value is -1.75. The molecule has 0 radical (unpaired) electrons. The smallest absolute Gasteiger partial charge is 0.227 e. The number of rotatable bonds is 5. The zero-order valence-corrected chi connectivity index (χ0v) is 19.3. The lowest BCUT2D eigenvalue weighted by Crippen LogP contribution is -2.52. The van der Waals surface area contributed by atoms with Crippen molar-refractivity contribution in [2.45, 2.75) is 18.4 Å². The monoisotopic (exact) mass is 456 g/mol. The van der Waals surface area contributed by atoms with Gasteiger partial charge in [0.2, 0.25) is 15.9 Å². The Bertz CT molecular complexity index is 870. The fourth-order valence-corrected chi connectivity index (χ4v) is 5.29. The molecule has 0 spiro atoms. The molecule has 1 aromatic carbocycles. The molecule has 2 heterocycles. The molecular weight excluding hydrogens is 423 g/mol. The number of aliphatic hydroxyl groups is 1. The summed E-state index contributed by atoms with van der Waals surface area (Å²) in [6, 6.07) is 6.35. The molecule has 1 unspecified atom stereocenters. The van der Waals surface area contributed by atoms with Gasteiger partial charge in [0.05, 0.1) is 17.8 Å². The highest BCUT2D eigenvalue weighted by Gasteiger charge is 2.38. The summed E-state index contributed by atoms with van der Waals surface area (Å²) < 4.78 is 38.8. The number of halogens is 1. The summed E-state index contributed by atoms with van der Waals surface area (Å²) in [7, 11) is -0.0786. The number of carbonyl (C=O) groups is 1. The first-order valence-corrected chi connectivity index (χ1v) is 12.4. The second-order valence-corrected chi connectivity index (χ2v) is 11.0. The van der Waals surface area contributed by atoms with E-state index in [1.165, 1.54) is 27.6 Å². The van der Waals surface area contributed by atoms with Crippen LogP contribution >= 0.6 is 0 Å². The van der Waals surface area contributed by atoms with E-state index in [9.17, 15) is 22.7 Å². The first kappa shape index (κ1) is 23.9. The fraction of sp³-hybridized carbons (Fsp3) is 0.667. The zero-order chi connectivity index (χ0) is 22.8. The maximum absolute atomic E-state index is 13.2. The number of piperidine rings is 1. The number of anilines is 1. The summed E-state index contributed by atoms with van der Waals surface area (Å²) in [5, 5.41) is 11.2. The minimum absolute atomic E-state index is 0.112. The van der Waals surface area contributed by atoms with Crippen LogP contribution in [0.15, 0.2) is 24.3 Å². The van der Waals surface area contributed by atoms with E-state index in [-0.39, 0.29) is 18.3 Å². The van der Waals surface area contributed by atoms with Crippen molar-refractivity contribution in [2.24, 2.45) is 5.92 Å². The fourth-order valence-electron chi connectivity index (χ4n) is 4.42. The molecule has 0 aliphatic carbocycles. The molecule has 1 atom stereocenters. The maximum atomic E-state index is 13.2. The van der Waals surface area contributed by atoms with E-state index in [1.54, 1.807) is 26.2 Å². The number of hydrogen-bond acceptors (Lipinski definition) is 6. The van der Waals surface area contributed by atoms with Crippen molar-refractivity contribution < 1.29 is 22.7 Å². The van der Waals surface area contributed by atoms with Crippen LogP contribution in [0.3, 0.4) is 0 Å². The maximum Gasteiger partial charge on any atom is 0.227 e. The molecule has 8 nitrogen and oxygen atoms in total. The van der Waals surface area contributed by atoms with Crippen molar-refractivity contribution in [3.8, 4) is 0 Å². The number of benzene rings is 1. The van der Waals surface area contributed by atoms with Crippen LogP contribution in [-0.4, -0.2) is 105 Å². The Morgan fingerprint density at radius 1 is 1.13 bits per heavy atom. The van der Waals surface area contributed by atoms with E-state index in [0.717, 1.165) is 5.69 Å². The van der Waals surface area contributed by atoms with E-state index in [0.29, 0.717) is 52.1 Å². The molecule has 1 N–H and O–H groups in total. The van der Waals surface area contributed by atoms with Crippen LogP contribution < -0.4 is 4.90 Å². The third-order valence-electron chi connectivity index (χ3n) is 6.23. The molecule has 2 saturated heterocycles. The Morgan fingerprint density at radius 2 is 1.74 bits per heavy atom. The Morgan fingerprint density at radius 3 is 2.29 bits per heavy atom. The van der Waals surface area contributed by atoms with Crippen LogP contribution in [0.4, 0.5) is 10.1 Å². The average Bonchev–Trinajstić information content (AvgIpc) is 2.91. The number of amides is 1. The number of β-amino-alcohol motifs (C(OH)–C–C–N with tert-alkyl or cyclic N) is 1. The Labute approximate surface area is 184 Å². The van der Waals surface area contributed by atoms with Gasteiger partial charge in [-0.25, -0.2) is 17.1 Å². The SMILES string of the molecule is CN(C)C(=O)C1CN(CC2(O)CCN(c3ccc(F)cc3)CC2)CCN(S(C)(=O)=O)C1. The molecule has 1 amide bonds. The molecule has 2 fully saturated rings. The predicted octanol–water partition coefficient (Wildman–Crippen LogP) is 0.439. The zero-order valence-electron chi connectivity index (χ0n) is 18.5. The summed E-state index contributed by atoms with van der Waals surface area (Å²) in [6.45, 7) is 3.01. The van der Waals surface area contributed by atoms with Gasteiger partial charge >= 0.3 is 0 Å². The molecule has 0 saturated carbocycles. The molecule has 174 valence electrons. The van der Waals surface area contributed by atoms with Crippen molar-refractivity contribution >= 4 is 21.6 Å². The number of sulfonamides is 1. The van der Waals surface area contributed by atoms with Gasteiger partial charge in [0, 0.05) is 65.6 Å². The summed E-state index contributed by atoms with van der Waals surface area (Å²) in [6.07, 6.45) is 2.25. The van der Waals surface area contributed by atoms with E-state index in [4.69, 9.17) is 0 Å². The minimum atomic E-state index is -3.41. The van der Waals surface area contributed by atoms with E-state index >= 15 is 0 Å². The van der Waals surface area contributed by atoms with Crippen molar-refractivity contribution in [3.63, 3.8) is 0 Å². The standard InChI is InChI=1S/C21H33FN4O4S/c1-23(2)20(27)17-14-24(12-13-26(15-17)31(3,29)30)16-21(28)8-10-25(11-9-21)19-6-4-18(22)5-7-19/h4-7,17,28H,8-16H2,1-3H3. The third kappa shape index (κ3) is 6.15. The van der Waals surface area contributed by atoms with E-state index < -0.39 is 21.5 Å². The Balaban J connectivity index is 1.66.